The number of methoxy groups -OCH3 is 1. The van der Waals surface area contributed by atoms with E-state index >= 15 is 0 Å². The molecule has 4 heteroatoms. The molecule has 1 saturated heterocycles. The number of carbonyl (C=O) groups is 1. The maximum Gasteiger partial charge on any atom is 0.325 e. The molecule has 0 aliphatic carbocycles. The maximum atomic E-state index is 11.7. The highest BCUT2D eigenvalue weighted by Gasteiger charge is 2.32. The van der Waals surface area contributed by atoms with Gasteiger partial charge in [-0.15, -0.1) is 0 Å². The van der Waals surface area contributed by atoms with Gasteiger partial charge in [-0.2, -0.15) is 0 Å². The van der Waals surface area contributed by atoms with Gasteiger partial charge in [0, 0.05) is 6.54 Å². The molecule has 0 aromatic carbocycles. The Balaban J connectivity index is 2.43. The van der Waals surface area contributed by atoms with Crippen molar-refractivity contribution >= 4 is 5.97 Å². The number of hydrogen-bond donors (Lipinski definition) is 1. The van der Waals surface area contributed by atoms with Crippen LogP contribution in [0, 0.1) is 0 Å². The van der Waals surface area contributed by atoms with Crippen LogP contribution >= 0.6 is 0 Å². The summed E-state index contributed by atoms with van der Waals surface area (Å²) >= 11 is 0. The van der Waals surface area contributed by atoms with Crippen molar-refractivity contribution in [3.63, 3.8) is 0 Å². The van der Waals surface area contributed by atoms with E-state index in [1.165, 1.54) is 45.9 Å². The lowest BCUT2D eigenvalue weighted by Gasteiger charge is -2.29. The predicted molar refractivity (Wildman–Crippen MR) is 69.0 cm³/mol. The van der Waals surface area contributed by atoms with E-state index in [0.29, 0.717) is 0 Å². The van der Waals surface area contributed by atoms with Gasteiger partial charge >= 0.3 is 5.97 Å². The first-order chi connectivity index (χ1) is 8.12. The summed E-state index contributed by atoms with van der Waals surface area (Å²) in [6.07, 6.45) is 6.06. The Morgan fingerprint density at radius 1 is 1.29 bits per heavy atom. The number of nitrogens with zero attached hydrogens (tertiary/aromatic N) is 1. The summed E-state index contributed by atoms with van der Waals surface area (Å²) in [6.45, 7) is 5.21. The summed E-state index contributed by atoms with van der Waals surface area (Å²) in [5.41, 5.74) is -0.555. The van der Waals surface area contributed by atoms with Crippen molar-refractivity contribution in [2.75, 3.05) is 33.8 Å². The molecular formula is C13H26N2O2. The zero-order chi connectivity index (χ0) is 12.7. The largest absolute Gasteiger partial charge is 0.468 e. The normalized spacial score (nSPS) is 21.6. The van der Waals surface area contributed by atoms with Crippen LogP contribution in [0.15, 0.2) is 0 Å². The van der Waals surface area contributed by atoms with Crippen LogP contribution in [0.2, 0.25) is 0 Å². The Morgan fingerprint density at radius 3 is 2.35 bits per heavy atom. The Hall–Kier alpha value is -0.610. The fraction of sp³-hybridized carbons (Fsp3) is 0.923. The smallest absolute Gasteiger partial charge is 0.325 e. The summed E-state index contributed by atoms with van der Waals surface area (Å²) in [7, 11) is 3.27. The molecule has 1 unspecified atom stereocenters. The third-order valence-corrected chi connectivity index (χ3v) is 3.81. The van der Waals surface area contributed by atoms with Crippen molar-refractivity contribution in [2.24, 2.45) is 0 Å². The van der Waals surface area contributed by atoms with Gasteiger partial charge in [0.15, 0.2) is 0 Å². The van der Waals surface area contributed by atoms with Crippen molar-refractivity contribution < 1.29 is 9.53 Å². The molecule has 0 saturated carbocycles. The van der Waals surface area contributed by atoms with E-state index in [1.54, 1.807) is 0 Å². The van der Waals surface area contributed by atoms with Crippen LogP contribution in [-0.4, -0.2) is 50.2 Å². The van der Waals surface area contributed by atoms with Crippen molar-refractivity contribution in [1.29, 1.82) is 0 Å². The van der Waals surface area contributed by atoms with Gasteiger partial charge in [0.2, 0.25) is 0 Å². The zero-order valence-corrected chi connectivity index (χ0v) is 11.4. The topological polar surface area (TPSA) is 41.6 Å². The van der Waals surface area contributed by atoms with E-state index in [4.69, 9.17) is 4.74 Å². The Kier molecular flexibility index (Phi) is 5.92. The summed E-state index contributed by atoms with van der Waals surface area (Å²) in [5, 5.41) is 3.08. The highest BCUT2D eigenvalue weighted by atomic mass is 16.5. The van der Waals surface area contributed by atoms with Gasteiger partial charge in [0.05, 0.1) is 7.11 Å². The molecule has 1 heterocycles. The quantitative estimate of drug-likeness (QED) is 0.740. The number of hydrogen-bond acceptors (Lipinski definition) is 4. The van der Waals surface area contributed by atoms with Gasteiger partial charge in [-0.3, -0.25) is 4.79 Å². The van der Waals surface area contributed by atoms with Gasteiger partial charge in [-0.25, -0.2) is 0 Å². The molecule has 0 aromatic rings. The van der Waals surface area contributed by atoms with Crippen LogP contribution in [-0.2, 0) is 9.53 Å². The third-order valence-electron chi connectivity index (χ3n) is 3.81. The van der Waals surface area contributed by atoms with Crippen LogP contribution in [0.25, 0.3) is 0 Å². The van der Waals surface area contributed by atoms with E-state index in [1.807, 2.05) is 14.0 Å². The van der Waals surface area contributed by atoms with Crippen LogP contribution in [0.5, 0.6) is 0 Å². The van der Waals surface area contributed by atoms with Gasteiger partial charge in [-0.05, 0) is 46.3 Å². The van der Waals surface area contributed by atoms with Gasteiger partial charge in [0.1, 0.15) is 5.54 Å². The molecule has 100 valence electrons. The van der Waals surface area contributed by atoms with Gasteiger partial charge in [0.25, 0.3) is 0 Å². The molecule has 4 nitrogen and oxygen atoms in total. The summed E-state index contributed by atoms with van der Waals surface area (Å²) in [6, 6.07) is 0. The first kappa shape index (κ1) is 14.5. The molecule has 0 bridgehead atoms. The van der Waals surface area contributed by atoms with E-state index in [0.717, 1.165) is 13.0 Å². The van der Waals surface area contributed by atoms with Gasteiger partial charge < -0.3 is 15.0 Å². The van der Waals surface area contributed by atoms with E-state index in [9.17, 15) is 4.79 Å². The van der Waals surface area contributed by atoms with Gasteiger partial charge in [-0.1, -0.05) is 12.8 Å². The maximum absolute atomic E-state index is 11.7. The van der Waals surface area contributed by atoms with Crippen LogP contribution in [0.4, 0.5) is 0 Å². The fourth-order valence-corrected chi connectivity index (χ4v) is 2.30. The first-order valence-corrected chi connectivity index (χ1v) is 6.62. The Bertz CT molecular complexity index is 238. The van der Waals surface area contributed by atoms with Crippen molar-refractivity contribution in [3.8, 4) is 0 Å². The molecule has 1 atom stereocenters. The van der Waals surface area contributed by atoms with E-state index in [2.05, 4.69) is 10.2 Å². The lowest BCUT2D eigenvalue weighted by Crippen LogP contribution is -2.50. The standard InChI is InChI=1S/C13H26N2O2/c1-13(14-2,12(16)17-3)8-11-15-9-6-4-5-7-10-15/h14H,4-11H2,1-3H3. The zero-order valence-electron chi connectivity index (χ0n) is 11.4. The molecule has 1 rings (SSSR count). The first-order valence-electron chi connectivity index (χ1n) is 6.62. The molecule has 17 heavy (non-hydrogen) atoms. The molecule has 1 aliphatic heterocycles. The molecule has 0 radical (unpaired) electrons. The number of nitrogens with one attached hydrogen (secondary N) is 1. The SMILES string of the molecule is CNC(C)(CCN1CCCCCC1)C(=O)OC. The monoisotopic (exact) mass is 242 g/mol. The van der Waals surface area contributed by atoms with Crippen molar-refractivity contribution in [3.05, 3.63) is 0 Å². The molecular weight excluding hydrogens is 216 g/mol. The lowest BCUT2D eigenvalue weighted by molar-refractivity contribution is -0.148. The summed E-state index contributed by atoms with van der Waals surface area (Å²) in [4.78, 5) is 14.2. The summed E-state index contributed by atoms with van der Waals surface area (Å²) in [5.74, 6) is -0.171. The second-order valence-corrected chi connectivity index (χ2v) is 5.08. The van der Waals surface area contributed by atoms with Crippen LogP contribution in [0.3, 0.4) is 0 Å². The Labute approximate surface area is 105 Å². The molecule has 1 fully saturated rings. The highest BCUT2D eigenvalue weighted by molar-refractivity contribution is 5.80. The third kappa shape index (κ3) is 4.28. The van der Waals surface area contributed by atoms with Crippen molar-refractivity contribution in [2.45, 2.75) is 44.6 Å². The molecule has 0 aromatic heterocycles. The number of esters is 1. The minimum atomic E-state index is -0.555. The number of likely N-dealkylation sites (N-methyl/N-ethyl adjacent to an activating group) is 1. The predicted octanol–water partition coefficient (Wildman–Crippen LogP) is 1.40. The summed E-state index contributed by atoms with van der Waals surface area (Å²) < 4.78 is 4.85. The van der Waals surface area contributed by atoms with Crippen LogP contribution in [0.1, 0.15) is 39.0 Å². The second kappa shape index (κ2) is 6.97. The number of rotatable bonds is 5. The minimum Gasteiger partial charge on any atom is -0.468 e. The molecule has 0 spiro atoms. The van der Waals surface area contributed by atoms with Crippen molar-refractivity contribution in [1.82, 2.24) is 10.2 Å². The lowest BCUT2D eigenvalue weighted by atomic mass is 9.98. The molecule has 1 N–H and O–H groups in total. The fourth-order valence-electron chi connectivity index (χ4n) is 2.30. The minimum absolute atomic E-state index is 0.171. The average molecular weight is 242 g/mol. The molecule has 1 aliphatic rings. The second-order valence-electron chi connectivity index (χ2n) is 5.08. The number of ether oxygens (including phenoxy) is 1. The van der Waals surface area contributed by atoms with Crippen LogP contribution < -0.4 is 5.32 Å². The Morgan fingerprint density at radius 2 is 1.88 bits per heavy atom. The number of likely N-dealkylation sites (tertiary alicyclic amines) is 1. The van der Waals surface area contributed by atoms with E-state index in [-0.39, 0.29) is 5.97 Å². The molecule has 0 amide bonds. The van der Waals surface area contributed by atoms with E-state index < -0.39 is 5.54 Å². The average Bonchev–Trinajstić information content (AvgIpc) is 2.63. The number of carbonyl (C=O) groups excluding carboxylic acids is 1. The highest BCUT2D eigenvalue weighted by Crippen LogP contribution is 2.15.